The summed E-state index contributed by atoms with van der Waals surface area (Å²) < 4.78 is 37.6. The Morgan fingerprint density at radius 2 is 2.22 bits per heavy atom. The molecule has 0 bridgehead atoms. The molecule has 18 heavy (non-hydrogen) atoms. The average Bonchev–Trinajstić information content (AvgIpc) is 2.66. The van der Waals surface area contributed by atoms with E-state index in [2.05, 4.69) is 4.98 Å². The zero-order valence-electron chi connectivity index (χ0n) is 9.15. The van der Waals surface area contributed by atoms with Crippen molar-refractivity contribution < 1.29 is 18.0 Å². The number of aromatic nitrogens is 2. The predicted molar refractivity (Wildman–Crippen MR) is 63.6 cm³/mol. The van der Waals surface area contributed by atoms with Crippen LogP contribution in [0.15, 0.2) is 24.5 Å². The van der Waals surface area contributed by atoms with Gasteiger partial charge in [-0.3, -0.25) is 4.79 Å². The fourth-order valence-corrected chi connectivity index (χ4v) is 2.19. The lowest BCUT2D eigenvalue weighted by molar-refractivity contribution is -0.0328. The molecule has 0 saturated carbocycles. The fourth-order valence-electron chi connectivity index (χ4n) is 1.67. The molecule has 0 N–H and O–H groups in total. The Morgan fingerprint density at radius 3 is 2.89 bits per heavy atom. The Kier molecular flexibility index (Phi) is 3.60. The lowest BCUT2D eigenvalue weighted by Crippen LogP contribution is -2.06. The van der Waals surface area contributed by atoms with Crippen LogP contribution < -0.4 is 0 Å². The van der Waals surface area contributed by atoms with Crippen molar-refractivity contribution in [2.24, 2.45) is 0 Å². The summed E-state index contributed by atoms with van der Waals surface area (Å²) >= 11 is -0.0831. The minimum atomic E-state index is -4.23. The number of rotatable bonds is 4. The number of hydrogen-bond donors (Lipinski definition) is 0. The zero-order valence-corrected chi connectivity index (χ0v) is 9.96. The summed E-state index contributed by atoms with van der Waals surface area (Å²) in [5, 5.41) is 0.657. The van der Waals surface area contributed by atoms with Crippen LogP contribution in [0, 0.1) is 0 Å². The standard InChI is InChI=1S/C11H9F3N2OS/c12-11(13,14)18-5-4-16-6-8(7-17)9-2-1-3-15-10(9)16/h1-3,6-7H,4-5H2. The van der Waals surface area contributed by atoms with E-state index in [1.807, 2.05) is 0 Å². The number of aryl methyl sites for hydroxylation is 1. The van der Waals surface area contributed by atoms with Crippen molar-refractivity contribution in [1.29, 1.82) is 0 Å². The van der Waals surface area contributed by atoms with Crippen LogP contribution in [0.25, 0.3) is 11.0 Å². The topological polar surface area (TPSA) is 34.9 Å². The summed E-state index contributed by atoms with van der Waals surface area (Å²) in [7, 11) is 0. The number of carbonyl (C=O) groups excluding carboxylic acids is 1. The van der Waals surface area contributed by atoms with Crippen LogP contribution in [0.3, 0.4) is 0 Å². The molecule has 0 atom stereocenters. The van der Waals surface area contributed by atoms with Crippen molar-refractivity contribution in [3.05, 3.63) is 30.1 Å². The number of thioether (sulfide) groups is 1. The van der Waals surface area contributed by atoms with E-state index in [9.17, 15) is 18.0 Å². The van der Waals surface area contributed by atoms with Gasteiger partial charge in [0.1, 0.15) is 5.65 Å². The second-order valence-corrected chi connectivity index (χ2v) is 4.72. The first-order valence-electron chi connectivity index (χ1n) is 5.11. The van der Waals surface area contributed by atoms with Gasteiger partial charge in [0.2, 0.25) is 0 Å². The molecular weight excluding hydrogens is 265 g/mol. The predicted octanol–water partition coefficient (Wildman–Crippen LogP) is 3.10. The SMILES string of the molecule is O=Cc1cn(CCSC(F)(F)F)c2ncccc12. The molecule has 0 amide bonds. The molecule has 96 valence electrons. The molecule has 0 fully saturated rings. The smallest absolute Gasteiger partial charge is 0.331 e. The quantitative estimate of drug-likeness (QED) is 0.803. The Balaban J connectivity index is 2.21. The van der Waals surface area contributed by atoms with E-state index in [4.69, 9.17) is 0 Å². The van der Waals surface area contributed by atoms with Crippen molar-refractivity contribution in [3.63, 3.8) is 0 Å². The molecule has 2 rings (SSSR count). The monoisotopic (exact) mass is 274 g/mol. The molecule has 0 aliphatic heterocycles. The summed E-state index contributed by atoms with van der Waals surface area (Å²) in [5.41, 5.74) is -3.26. The fraction of sp³-hybridized carbons (Fsp3) is 0.273. The van der Waals surface area contributed by atoms with E-state index in [1.165, 1.54) is 6.20 Å². The average molecular weight is 274 g/mol. The molecular formula is C11H9F3N2OS. The number of alkyl halides is 3. The van der Waals surface area contributed by atoms with Gasteiger partial charge in [0.25, 0.3) is 0 Å². The minimum absolute atomic E-state index is 0.0831. The number of aldehydes is 1. The van der Waals surface area contributed by atoms with Crippen LogP contribution in [0.5, 0.6) is 0 Å². The van der Waals surface area contributed by atoms with Gasteiger partial charge in [-0.2, -0.15) is 13.2 Å². The van der Waals surface area contributed by atoms with E-state index in [1.54, 1.807) is 22.9 Å². The maximum Gasteiger partial charge on any atom is 0.441 e. The van der Waals surface area contributed by atoms with Crippen molar-refractivity contribution in [2.45, 2.75) is 12.1 Å². The van der Waals surface area contributed by atoms with Crippen LogP contribution in [-0.4, -0.2) is 27.1 Å². The largest absolute Gasteiger partial charge is 0.441 e. The molecule has 2 aromatic heterocycles. The first-order valence-corrected chi connectivity index (χ1v) is 6.09. The second-order valence-electron chi connectivity index (χ2n) is 3.56. The van der Waals surface area contributed by atoms with Crippen LogP contribution in [0.1, 0.15) is 10.4 Å². The third-order valence-corrected chi connectivity index (χ3v) is 3.10. The van der Waals surface area contributed by atoms with Crippen molar-refractivity contribution in [2.75, 3.05) is 5.75 Å². The van der Waals surface area contributed by atoms with Crippen LogP contribution >= 0.6 is 11.8 Å². The van der Waals surface area contributed by atoms with Crippen molar-refractivity contribution in [1.82, 2.24) is 9.55 Å². The van der Waals surface area contributed by atoms with Crippen LogP contribution in [0.4, 0.5) is 13.2 Å². The highest BCUT2D eigenvalue weighted by molar-refractivity contribution is 8.00. The van der Waals surface area contributed by atoms with Gasteiger partial charge < -0.3 is 4.57 Å². The van der Waals surface area contributed by atoms with E-state index in [-0.39, 0.29) is 24.1 Å². The molecule has 0 aliphatic carbocycles. The summed E-state index contributed by atoms with van der Waals surface area (Å²) in [6, 6.07) is 3.41. The molecule has 7 heteroatoms. The zero-order chi connectivity index (χ0) is 13.2. The van der Waals surface area contributed by atoms with Crippen molar-refractivity contribution in [3.8, 4) is 0 Å². The van der Waals surface area contributed by atoms with Gasteiger partial charge in [-0.1, -0.05) is 0 Å². The van der Waals surface area contributed by atoms with Gasteiger partial charge in [0.05, 0.1) is 0 Å². The Hall–Kier alpha value is -1.50. The Bertz CT molecular complexity index is 565. The van der Waals surface area contributed by atoms with E-state index >= 15 is 0 Å². The summed E-state index contributed by atoms with van der Waals surface area (Å²) in [6.45, 7) is 0.158. The normalized spacial score (nSPS) is 11.9. The molecule has 2 aromatic rings. The van der Waals surface area contributed by atoms with Gasteiger partial charge in [-0.05, 0) is 23.9 Å². The third kappa shape index (κ3) is 2.84. The third-order valence-electron chi connectivity index (χ3n) is 2.39. The molecule has 0 radical (unpaired) electrons. The molecule has 0 saturated heterocycles. The van der Waals surface area contributed by atoms with Gasteiger partial charge in [-0.25, -0.2) is 4.98 Å². The molecule has 2 heterocycles. The molecule has 0 aliphatic rings. The second kappa shape index (κ2) is 5.01. The van der Waals surface area contributed by atoms with Crippen molar-refractivity contribution >= 4 is 29.1 Å². The summed E-state index contributed by atoms with van der Waals surface area (Å²) in [4.78, 5) is 14.9. The maximum atomic E-state index is 12.0. The van der Waals surface area contributed by atoms with E-state index in [0.717, 1.165) is 0 Å². The lowest BCUT2D eigenvalue weighted by Gasteiger charge is -2.06. The number of hydrogen-bond acceptors (Lipinski definition) is 3. The number of halogens is 3. The molecule has 3 nitrogen and oxygen atoms in total. The summed E-state index contributed by atoms with van der Waals surface area (Å²) in [5.74, 6) is -0.109. The van der Waals surface area contributed by atoms with Crippen LogP contribution in [-0.2, 0) is 6.54 Å². The molecule has 0 spiro atoms. The number of nitrogens with zero attached hydrogens (tertiary/aromatic N) is 2. The van der Waals surface area contributed by atoms with Gasteiger partial charge in [0, 0.05) is 35.6 Å². The highest BCUT2D eigenvalue weighted by Gasteiger charge is 2.27. The van der Waals surface area contributed by atoms with Gasteiger partial charge >= 0.3 is 5.51 Å². The van der Waals surface area contributed by atoms with Gasteiger partial charge in [0.15, 0.2) is 6.29 Å². The highest BCUT2D eigenvalue weighted by atomic mass is 32.2. The number of carbonyl (C=O) groups is 1. The first-order chi connectivity index (χ1) is 8.51. The highest BCUT2D eigenvalue weighted by Crippen LogP contribution is 2.30. The van der Waals surface area contributed by atoms with E-state index in [0.29, 0.717) is 22.9 Å². The Morgan fingerprint density at radius 1 is 1.44 bits per heavy atom. The Labute approximate surface area is 105 Å². The minimum Gasteiger partial charge on any atom is -0.331 e. The first kappa shape index (κ1) is 12.9. The number of pyridine rings is 1. The molecule has 0 unspecified atom stereocenters. The van der Waals surface area contributed by atoms with Crippen LogP contribution in [0.2, 0.25) is 0 Å². The van der Waals surface area contributed by atoms with Gasteiger partial charge in [-0.15, -0.1) is 0 Å². The number of fused-ring (bicyclic) bond motifs is 1. The maximum absolute atomic E-state index is 12.0. The van der Waals surface area contributed by atoms with E-state index < -0.39 is 5.51 Å². The molecule has 0 aromatic carbocycles. The summed E-state index contributed by atoms with van der Waals surface area (Å²) in [6.07, 6.45) is 3.75. The lowest BCUT2D eigenvalue weighted by atomic mass is 10.2.